The molecular formula is C22H27N7O3. The van der Waals surface area contributed by atoms with Gasteiger partial charge in [-0.05, 0) is 37.8 Å². The molecule has 0 bridgehead atoms. The molecule has 2 N–H and O–H groups in total. The van der Waals surface area contributed by atoms with E-state index in [1.807, 2.05) is 43.3 Å². The topological polar surface area (TPSA) is 118 Å². The summed E-state index contributed by atoms with van der Waals surface area (Å²) in [6.45, 7) is 0. The van der Waals surface area contributed by atoms with Crippen molar-refractivity contribution in [2.45, 2.75) is 37.8 Å². The van der Waals surface area contributed by atoms with Gasteiger partial charge in [-0.2, -0.15) is 4.98 Å². The number of para-hydroxylation sites is 1. The standard InChI is InChI=1S/C22H27N7O3/c1-27(2)20-17-6-4-5-7-18(17)25-22(26-20)24-15-10-8-14(9-11-15)23-21(30)19-12-16(29(31)32)13-28(19)3/h4-7,12-15H,8-11H2,1-3H3,(H,23,30)(H,24,25,26)/t14-,15+. The lowest BCUT2D eigenvalue weighted by atomic mass is 9.91. The smallest absolute Gasteiger partial charge is 0.287 e. The van der Waals surface area contributed by atoms with Gasteiger partial charge < -0.3 is 20.1 Å². The van der Waals surface area contributed by atoms with Gasteiger partial charge >= 0.3 is 0 Å². The Bertz CT molecular complexity index is 1150. The van der Waals surface area contributed by atoms with E-state index < -0.39 is 4.92 Å². The quantitative estimate of drug-likeness (QED) is 0.449. The maximum absolute atomic E-state index is 12.6. The summed E-state index contributed by atoms with van der Waals surface area (Å²) in [6.07, 6.45) is 4.70. The maximum atomic E-state index is 12.6. The Balaban J connectivity index is 1.37. The number of amides is 1. The number of fused-ring (bicyclic) bond motifs is 1. The lowest BCUT2D eigenvalue weighted by molar-refractivity contribution is -0.384. The van der Waals surface area contributed by atoms with E-state index in [4.69, 9.17) is 4.98 Å². The van der Waals surface area contributed by atoms with Crippen molar-refractivity contribution in [3.63, 3.8) is 0 Å². The van der Waals surface area contributed by atoms with Gasteiger partial charge in [0.15, 0.2) is 0 Å². The predicted octanol–water partition coefficient (Wildman–Crippen LogP) is 3.10. The summed E-state index contributed by atoms with van der Waals surface area (Å²) in [5.74, 6) is 1.19. The number of hydrogen-bond donors (Lipinski definition) is 2. The third-order valence-corrected chi connectivity index (χ3v) is 5.84. The van der Waals surface area contributed by atoms with Gasteiger partial charge in [0.05, 0.1) is 16.6 Å². The van der Waals surface area contributed by atoms with Crippen LogP contribution in [0.5, 0.6) is 0 Å². The lowest BCUT2D eigenvalue weighted by Crippen LogP contribution is -2.40. The van der Waals surface area contributed by atoms with E-state index in [1.165, 1.54) is 16.8 Å². The molecule has 0 spiro atoms. The Morgan fingerprint density at radius 2 is 1.84 bits per heavy atom. The summed E-state index contributed by atoms with van der Waals surface area (Å²) in [7, 11) is 5.57. The van der Waals surface area contributed by atoms with E-state index in [9.17, 15) is 14.9 Å². The number of aryl methyl sites for hydroxylation is 1. The van der Waals surface area contributed by atoms with Crippen LogP contribution in [0.25, 0.3) is 10.9 Å². The van der Waals surface area contributed by atoms with Crippen LogP contribution in [0.15, 0.2) is 36.5 Å². The molecule has 1 aliphatic rings. The predicted molar refractivity (Wildman–Crippen MR) is 123 cm³/mol. The minimum Gasteiger partial charge on any atom is -0.362 e. The van der Waals surface area contributed by atoms with Crippen molar-refractivity contribution >= 4 is 34.3 Å². The van der Waals surface area contributed by atoms with Gasteiger partial charge in [0.2, 0.25) is 5.95 Å². The summed E-state index contributed by atoms with van der Waals surface area (Å²) >= 11 is 0. The lowest BCUT2D eigenvalue weighted by Gasteiger charge is -2.30. The molecule has 4 rings (SSSR count). The molecule has 168 valence electrons. The Labute approximate surface area is 185 Å². The molecule has 0 unspecified atom stereocenters. The van der Waals surface area contributed by atoms with E-state index >= 15 is 0 Å². The van der Waals surface area contributed by atoms with Crippen LogP contribution in [-0.4, -0.2) is 51.5 Å². The highest BCUT2D eigenvalue weighted by atomic mass is 16.6. The highest BCUT2D eigenvalue weighted by Crippen LogP contribution is 2.26. The SMILES string of the molecule is CN(C)c1nc(N[C@H]2CC[C@@H](NC(=O)c3cc([N+](=O)[O-])cn3C)CC2)nc2ccccc12. The fourth-order valence-corrected chi connectivity index (χ4v) is 4.16. The second kappa shape index (κ2) is 8.81. The Hall–Kier alpha value is -3.69. The van der Waals surface area contributed by atoms with E-state index in [0.29, 0.717) is 5.95 Å². The minimum absolute atomic E-state index is 0.0318. The van der Waals surface area contributed by atoms with Crippen molar-refractivity contribution < 1.29 is 9.72 Å². The molecule has 1 saturated carbocycles. The summed E-state index contributed by atoms with van der Waals surface area (Å²) < 4.78 is 1.49. The van der Waals surface area contributed by atoms with Crippen LogP contribution in [0.3, 0.4) is 0 Å². The zero-order valence-corrected chi connectivity index (χ0v) is 18.4. The van der Waals surface area contributed by atoms with Gasteiger partial charge in [0, 0.05) is 44.7 Å². The van der Waals surface area contributed by atoms with Crippen molar-refractivity contribution in [2.75, 3.05) is 24.3 Å². The Morgan fingerprint density at radius 3 is 2.50 bits per heavy atom. The molecule has 32 heavy (non-hydrogen) atoms. The number of carbonyl (C=O) groups is 1. The second-order valence-electron chi connectivity index (χ2n) is 8.40. The molecule has 2 heterocycles. The van der Waals surface area contributed by atoms with Crippen LogP contribution in [0.4, 0.5) is 17.5 Å². The van der Waals surface area contributed by atoms with E-state index in [-0.39, 0.29) is 29.4 Å². The number of aromatic nitrogens is 3. The van der Waals surface area contributed by atoms with Gasteiger partial charge in [0.1, 0.15) is 11.5 Å². The minimum atomic E-state index is -0.496. The summed E-state index contributed by atoms with van der Waals surface area (Å²) in [5, 5.41) is 18.4. The molecule has 0 saturated heterocycles. The largest absolute Gasteiger partial charge is 0.362 e. The number of hydrogen-bond acceptors (Lipinski definition) is 7. The maximum Gasteiger partial charge on any atom is 0.287 e. The van der Waals surface area contributed by atoms with E-state index in [1.54, 1.807) is 7.05 Å². The molecule has 2 aromatic heterocycles. The normalized spacial score (nSPS) is 18.3. The van der Waals surface area contributed by atoms with Gasteiger partial charge in [-0.15, -0.1) is 0 Å². The van der Waals surface area contributed by atoms with Crippen LogP contribution >= 0.6 is 0 Å². The third-order valence-electron chi connectivity index (χ3n) is 5.84. The third kappa shape index (κ3) is 4.48. The molecule has 10 nitrogen and oxygen atoms in total. The summed E-state index contributed by atoms with van der Waals surface area (Å²) in [6, 6.07) is 9.50. The number of nitro groups is 1. The van der Waals surface area contributed by atoms with Crippen molar-refractivity contribution in [1.82, 2.24) is 19.9 Å². The van der Waals surface area contributed by atoms with Crippen LogP contribution in [0.1, 0.15) is 36.2 Å². The molecule has 1 fully saturated rings. The molecule has 0 radical (unpaired) electrons. The average Bonchev–Trinajstić information content (AvgIpc) is 3.16. The van der Waals surface area contributed by atoms with Crippen LogP contribution in [0.2, 0.25) is 0 Å². The van der Waals surface area contributed by atoms with Crippen molar-refractivity contribution in [3.05, 3.63) is 52.3 Å². The molecule has 0 aliphatic heterocycles. The van der Waals surface area contributed by atoms with Gasteiger partial charge in [-0.3, -0.25) is 14.9 Å². The molecule has 0 atom stereocenters. The Morgan fingerprint density at radius 1 is 1.16 bits per heavy atom. The van der Waals surface area contributed by atoms with Crippen molar-refractivity contribution in [2.24, 2.45) is 7.05 Å². The van der Waals surface area contributed by atoms with Crippen molar-refractivity contribution in [3.8, 4) is 0 Å². The number of rotatable bonds is 6. The molecule has 10 heteroatoms. The average molecular weight is 438 g/mol. The first kappa shape index (κ1) is 21.5. The van der Waals surface area contributed by atoms with Gasteiger partial charge in [0.25, 0.3) is 11.6 Å². The molecular weight excluding hydrogens is 410 g/mol. The van der Waals surface area contributed by atoms with Crippen molar-refractivity contribution in [1.29, 1.82) is 0 Å². The number of anilines is 2. The van der Waals surface area contributed by atoms with E-state index in [2.05, 4.69) is 15.6 Å². The molecule has 3 aromatic rings. The van der Waals surface area contributed by atoms with Crippen LogP contribution in [0, 0.1) is 10.1 Å². The zero-order chi connectivity index (χ0) is 22.8. The van der Waals surface area contributed by atoms with Crippen LogP contribution in [-0.2, 0) is 7.05 Å². The number of carbonyl (C=O) groups excluding carboxylic acids is 1. The van der Waals surface area contributed by atoms with Gasteiger partial charge in [-0.25, -0.2) is 4.98 Å². The Kier molecular flexibility index (Phi) is 5.93. The first-order valence-corrected chi connectivity index (χ1v) is 10.6. The number of nitrogens with zero attached hydrogens (tertiary/aromatic N) is 5. The summed E-state index contributed by atoms with van der Waals surface area (Å²) in [5.41, 5.74) is 1.10. The molecule has 1 aliphatic carbocycles. The fraction of sp³-hybridized carbons (Fsp3) is 0.409. The highest BCUT2D eigenvalue weighted by Gasteiger charge is 2.25. The highest BCUT2D eigenvalue weighted by molar-refractivity contribution is 5.93. The van der Waals surface area contributed by atoms with E-state index in [0.717, 1.165) is 42.4 Å². The first-order valence-electron chi connectivity index (χ1n) is 10.6. The molecule has 1 aromatic carbocycles. The summed E-state index contributed by atoms with van der Waals surface area (Å²) in [4.78, 5) is 34.4. The zero-order valence-electron chi connectivity index (χ0n) is 18.4. The number of benzene rings is 1. The molecule has 1 amide bonds. The monoisotopic (exact) mass is 437 g/mol. The number of nitrogens with one attached hydrogen (secondary N) is 2. The fourth-order valence-electron chi connectivity index (χ4n) is 4.16. The van der Waals surface area contributed by atoms with Gasteiger partial charge in [-0.1, -0.05) is 12.1 Å². The second-order valence-corrected chi connectivity index (χ2v) is 8.40. The van der Waals surface area contributed by atoms with Crippen LogP contribution < -0.4 is 15.5 Å². The first-order chi connectivity index (χ1) is 15.3.